The molecule has 6 heteroatoms. The van der Waals surface area contributed by atoms with Crippen LogP contribution < -0.4 is 5.32 Å². The minimum Gasteiger partial charge on any atom is -0.350 e. The third-order valence-corrected chi connectivity index (χ3v) is 4.30. The first kappa shape index (κ1) is 15.4. The quantitative estimate of drug-likeness (QED) is 0.940. The van der Waals surface area contributed by atoms with E-state index in [1.54, 1.807) is 0 Å². The molecule has 1 fully saturated rings. The third-order valence-electron chi connectivity index (χ3n) is 4.30. The van der Waals surface area contributed by atoms with E-state index >= 15 is 0 Å². The molecule has 0 aliphatic carbocycles. The molecule has 3 rings (SSSR count). The van der Waals surface area contributed by atoms with Gasteiger partial charge in [0.05, 0.1) is 6.42 Å². The number of aromatic nitrogens is 1. The lowest BCUT2D eigenvalue weighted by atomic mass is 10.00. The van der Waals surface area contributed by atoms with Crippen LogP contribution in [0.25, 0.3) is 10.9 Å². The average molecular weight is 311 g/mol. The lowest BCUT2D eigenvalue weighted by Gasteiger charge is -2.35. The zero-order valence-electron chi connectivity index (χ0n) is 12.5. The largest absolute Gasteiger partial charge is 0.390 e. The lowest BCUT2D eigenvalue weighted by Crippen LogP contribution is -2.46. The van der Waals surface area contributed by atoms with Crippen LogP contribution in [0.4, 0.5) is 13.2 Å². The molecule has 3 nitrogen and oxygen atoms in total. The molecule has 22 heavy (non-hydrogen) atoms. The second-order valence-corrected chi connectivity index (χ2v) is 5.83. The number of para-hydroxylation sites is 1. The van der Waals surface area contributed by atoms with Crippen LogP contribution in [0.5, 0.6) is 0 Å². The molecule has 1 atom stereocenters. The van der Waals surface area contributed by atoms with Crippen molar-refractivity contribution in [1.29, 1.82) is 0 Å². The van der Waals surface area contributed by atoms with E-state index in [2.05, 4.69) is 5.32 Å². The van der Waals surface area contributed by atoms with Gasteiger partial charge in [0, 0.05) is 56.4 Å². The van der Waals surface area contributed by atoms with Crippen molar-refractivity contribution < 1.29 is 13.2 Å². The van der Waals surface area contributed by atoms with Gasteiger partial charge in [-0.2, -0.15) is 13.2 Å². The number of piperazine rings is 1. The number of alkyl halides is 3. The van der Waals surface area contributed by atoms with E-state index in [0.29, 0.717) is 13.1 Å². The fourth-order valence-electron chi connectivity index (χ4n) is 3.29. The number of hydrogen-bond donors (Lipinski definition) is 1. The Kier molecular flexibility index (Phi) is 4.14. The normalized spacial score (nSPS) is 18.7. The highest BCUT2D eigenvalue weighted by atomic mass is 19.4. The predicted octanol–water partition coefficient (Wildman–Crippen LogP) is 3.08. The van der Waals surface area contributed by atoms with Crippen molar-refractivity contribution in [3.05, 3.63) is 36.0 Å². The van der Waals surface area contributed by atoms with Gasteiger partial charge in [-0.15, -0.1) is 0 Å². The van der Waals surface area contributed by atoms with Gasteiger partial charge >= 0.3 is 6.18 Å². The van der Waals surface area contributed by atoms with Crippen LogP contribution in [-0.4, -0.2) is 41.8 Å². The summed E-state index contributed by atoms with van der Waals surface area (Å²) < 4.78 is 41.2. The number of halogens is 3. The molecule has 0 bridgehead atoms. The number of hydrogen-bond acceptors (Lipinski definition) is 2. The van der Waals surface area contributed by atoms with Gasteiger partial charge in [0.2, 0.25) is 0 Å². The van der Waals surface area contributed by atoms with Gasteiger partial charge in [-0.1, -0.05) is 18.2 Å². The molecular weight excluding hydrogens is 291 g/mol. The van der Waals surface area contributed by atoms with Gasteiger partial charge in [-0.05, 0) is 11.6 Å². The predicted molar refractivity (Wildman–Crippen MR) is 80.8 cm³/mol. The summed E-state index contributed by atoms with van der Waals surface area (Å²) in [4.78, 5) is 1.95. The number of nitrogens with zero attached hydrogens (tertiary/aromatic N) is 2. The summed E-state index contributed by atoms with van der Waals surface area (Å²) in [5.41, 5.74) is 1.75. The number of aryl methyl sites for hydroxylation is 1. The van der Waals surface area contributed by atoms with Gasteiger partial charge < -0.3 is 9.88 Å². The molecule has 1 aliphatic heterocycles. The van der Waals surface area contributed by atoms with Crippen molar-refractivity contribution in [1.82, 2.24) is 14.8 Å². The van der Waals surface area contributed by atoms with Gasteiger partial charge in [-0.3, -0.25) is 4.90 Å². The maximum Gasteiger partial charge on any atom is 0.390 e. The van der Waals surface area contributed by atoms with Crippen molar-refractivity contribution in [2.24, 2.45) is 7.05 Å². The van der Waals surface area contributed by atoms with Crippen LogP contribution >= 0.6 is 0 Å². The van der Waals surface area contributed by atoms with Crippen molar-refractivity contribution in [2.45, 2.75) is 18.6 Å². The minimum absolute atomic E-state index is 0.617. The van der Waals surface area contributed by atoms with E-state index in [1.165, 1.54) is 0 Å². The smallest absolute Gasteiger partial charge is 0.350 e. The summed E-state index contributed by atoms with van der Waals surface area (Å²) in [7, 11) is 1.88. The molecule has 1 aromatic heterocycles. The van der Waals surface area contributed by atoms with Crippen molar-refractivity contribution in [2.75, 3.05) is 26.2 Å². The molecule has 0 unspecified atom stereocenters. The summed E-state index contributed by atoms with van der Waals surface area (Å²) in [6, 6.07) is 7.04. The second kappa shape index (κ2) is 5.93. The molecule has 0 spiro atoms. The Balaban J connectivity index is 2.03. The van der Waals surface area contributed by atoms with E-state index in [-0.39, 0.29) is 0 Å². The average Bonchev–Trinajstić information content (AvgIpc) is 2.83. The van der Waals surface area contributed by atoms with Crippen LogP contribution in [0.1, 0.15) is 18.0 Å². The van der Waals surface area contributed by atoms with Crippen molar-refractivity contribution in [3.8, 4) is 0 Å². The number of rotatable bonds is 3. The Morgan fingerprint density at radius 2 is 1.86 bits per heavy atom. The second-order valence-electron chi connectivity index (χ2n) is 5.83. The Labute approximate surface area is 127 Å². The number of fused-ring (bicyclic) bond motifs is 1. The molecule has 1 saturated heterocycles. The monoisotopic (exact) mass is 311 g/mol. The molecule has 120 valence electrons. The van der Waals surface area contributed by atoms with Gasteiger partial charge in [0.1, 0.15) is 0 Å². The van der Waals surface area contributed by atoms with E-state index in [9.17, 15) is 13.2 Å². The molecule has 0 saturated carbocycles. The number of benzene rings is 1. The Morgan fingerprint density at radius 3 is 2.55 bits per heavy atom. The highest BCUT2D eigenvalue weighted by Gasteiger charge is 2.37. The lowest BCUT2D eigenvalue weighted by molar-refractivity contribution is -0.148. The van der Waals surface area contributed by atoms with Gasteiger partial charge in [0.25, 0.3) is 0 Å². The van der Waals surface area contributed by atoms with Gasteiger partial charge in [-0.25, -0.2) is 0 Å². The molecule has 2 aromatic rings. The molecule has 1 aromatic carbocycles. The molecule has 0 radical (unpaired) electrons. The van der Waals surface area contributed by atoms with E-state index < -0.39 is 18.6 Å². The standard InChI is InChI=1S/C16H20F3N3/c1-21-11-13(12-4-2-3-5-14(12)21)15(10-16(17,18)19)22-8-6-20-7-9-22/h2-5,11,15,20H,6-10H2,1H3/t15-/m1/s1. The van der Waals surface area contributed by atoms with Crippen molar-refractivity contribution in [3.63, 3.8) is 0 Å². The molecule has 2 heterocycles. The Bertz CT molecular complexity index is 642. The van der Waals surface area contributed by atoms with E-state index in [4.69, 9.17) is 0 Å². The van der Waals surface area contributed by atoms with E-state index in [1.807, 2.05) is 47.0 Å². The first-order valence-electron chi connectivity index (χ1n) is 7.51. The maximum atomic E-state index is 13.1. The van der Waals surface area contributed by atoms with Crippen LogP contribution in [-0.2, 0) is 7.05 Å². The molecular formula is C16H20F3N3. The van der Waals surface area contributed by atoms with Crippen LogP contribution in [0, 0.1) is 0 Å². The van der Waals surface area contributed by atoms with Crippen LogP contribution in [0.15, 0.2) is 30.5 Å². The topological polar surface area (TPSA) is 20.2 Å². The Morgan fingerprint density at radius 1 is 1.18 bits per heavy atom. The molecule has 1 N–H and O–H groups in total. The van der Waals surface area contributed by atoms with Crippen LogP contribution in [0.3, 0.4) is 0 Å². The first-order valence-corrected chi connectivity index (χ1v) is 7.51. The fourth-order valence-corrected chi connectivity index (χ4v) is 3.29. The first-order chi connectivity index (χ1) is 10.5. The fraction of sp³-hybridized carbons (Fsp3) is 0.500. The zero-order valence-corrected chi connectivity index (χ0v) is 12.5. The Hall–Kier alpha value is -1.53. The highest BCUT2D eigenvalue weighted by molar-refractivity contribution is 5.84. The van der Waals surface area contributed by atoms with E-state index in [0.717, 1.165) is 29.6 Å². The summed E-state index contributed by atoms with van der Waals surface area (Å²) in [5, 5.41) is 4.11. The van der Waals surface area contributed by atoms with Crippen molar-refractivity contribution >= 4 is 10.9 Å². The maximum absolute atomic E-state index is 13.1. The molecule has 0 amide bonds. The summed E-state index contributed by atoms with van der Waals surface area (Å²) in [6.45, 7) is 2.76. The third kappa shape index (κ3) is 3.13. The van der Waals surface area contributed by atoms with Gasteiger partial charge in [0.15, 0.2) is 0 Å². The summed E-state index contributed by atoms with van der Waals surface area (Å²) >= 11 is 0. The van der Waals surface area contributed by atoms with Crippen LogP contribution in [0.2, 0.25) is 0 Å². The minimum atomic E-state index is -4.17. The summed E-state index contributed by atoms with van der Waals surface area (Å²) in [5.74, 6) is 0. The highest BCUT2D eigenvalue weighted by Crippen LogP contribution is 2.37. The summed E-state index contributed by atoms with van der Waals surface area (Å²) in [6.07, 6.45) is -3.13. The zero-order chi connectivity index (χ0) is 15.7. The number of nitrogens with one attached hydrogen (secondary N) is 1. The molecule has 1 aliphatic rings. The SMILES string of the molecule is Cn1cc([C@@H](CC(F)(F)F)N2CCNCC2)c2ccccc21.